The molecule has 0 aromatic heterocycles. The minimum atomic E-state index is 0.122. The first-order valence-electron chi connectivity index (χ1n) is 5.11. The summed E-state index contributed by atoms with van der Waals surface area (Å²) >= 11 is 0. The molecule has 0 aliphatic carbocycles. The maximum atomic E-state index is 5.84. The summed E-state index contributed by atoms with van der Waals surface area (Å²) in [6.07, 6.45) is 2.54. The normalized spacial score (nSPS) is 36.2. The standard InChI is InChI=1S/C10H19NO2/c1-10(2,3)11-8-4-5-12-7-9(6-8)13-11/h8-9H,4-7H2,1-3H3/t8-,9-/m1/s1. The van der Waals surface area contributed by atoms with E-state index in [0.29, 0.717) is 12.1 Å². The molecule has 0 unspecified atom stereocenters. The molecule has 0 aromatic rings. The van der Waals surface area contributed by atoms with Crippen molar-refractivity contribution in [3.05, 3.63) is 0 Å². The molecule has 2 bridgehead atoms. The van der Waals surface area contributed by atoms with Gasteiger partial charge in [0.25, 0.3) is 0 Å². The summed E-state index contributed by atoms with van der Waals surface area (Å²) in [4.78, 5) is 5.84. The van der Waals surface area contributed by atoms with E-state index >= 15 is 0 Å². The Hall–Kier alpha value is -0.120. The van der Waals surface area contributed by atoms with Crippen LogP contribution in [0.1, 0.15) is 33.6 Å². The van der Waals surface area contributed by atoms with Crippen LogP contribution in [-0.2, 0) is 9.57 Å². The smallest absolute Gasteiger partial charge is 0.104 e. The highest BCUT2D eigenvalue weighted by Crippen LogP contribution is 2.32. The van der Waals surface area contributed by atoms with E-state index in [4.69, 9.17) is 9.57 Å². The lowest BCUT2D eigenvalue weighted by Crippen LogP contribution is -2.44. The third-order valence-corrected chi connectivity index (χ3v) is 2.69. The maximum Gasteiger partial charge on any atom is 0.104 e. The molecule has 2 rings (SSSR count). The zero-order valence-electron chi connectivity index (χ0n) is 8.75. The molecule has 2 fully saturated rings. The van der Waals surface area contributed by atoms with Crippen LogP contribution in [0.3, 0.4) is 0 Å². The summed E-state index contributed by atoms with van der Waals surface area (Å²) in [5, 5.41) is 2.17. The fraction of sp³-hybridized carbons (Fsp3) is 1.00. The van der Waals surface area contributed by atoms with Gasteiger partial charge in [-0.1, -0.05) is 0 Å². The molecule has 3 nitrogen and oxygen atoms in total. The molecule has 2 atom stereocenters. The maximum absolute atomic E-state index is 5.84. The lowest BCUT2D eigenvalue weighted by atomic mass is 10.0. The van der Waals surface area contributed by atoms with Gasteiger partial charge in [-0.05, 0) is 33.6 Å². The molecule has 2 aliphatic heterocycles. The van der Waals surface area contributed by atoms with Crippen molar-refractivity contribution in [2.24, 2.45) is 0 Å². The molecule has 0 spiro atoms. The van der Waals surface area contributed by atoms with E-state index in [9.17, 15) is 0 Å². The summed E-state index contributed by atoms with van der Waals surface area (Å²) in [7, 11) is 0. The van der Waals surface area contributed by atoms with E-state index in [-0.39, 0.29) is 5.54 Å². The Labute approximate surface area is 80.0 Å². The minimum absolute atomic E-state index is 0.122. The van der Waals surface area contributed by atoms with Crippen molar-refractivity contribution in [3.8, 4) is 0 Å². The van der Waals surface area contributed by atoms with Gasteiger partial charge in [0.05, 0.1) is 6.61 Å². The summed E-state index contributed by atoms with van der Waals surface area (Å²) in [6.45, 7) is 8.25. The molecular weight excluding hydrogens is 166 g/mol. The van der Waals surface area contributed by atoms with E-state index in [1.165, 1.54) is 0 Å². The van der Waals surface area contributed by atoms with E-state index < -0.39 is 0 Å². The second-order valence-electron chi connectivity index (χ2n) is 4.98. The van der Waals surface area contributed by atoms with Gasteiger partial charge < -0.3 is 4.74 Å². The van der Waals surface area contributed by atoms with Gasteiger partial charge in [0.15, 0.2) is 0 Å². The molecule has 76 valence electrons. The molecule has 0 amide bonds. The van der Waals surface area contributed by atoms with Crippen LogP contribution in [0.2, 0.25) is 0 Å². The molecule has 2 saturated heterocycles. The van der Waals surface area contributed by atoms with Gasteiger partial charge in [-0.25, -0.2) is 0 Å². The van der Waals surface area contributed by atoms with E-state index in [1.807, 2.05) is 0 Å². The Bertz CT molecular complexity index is 188. The van der Waals surface area contributed by atoms with Gasteiger partial charge >= 0.3 is 0 Å². The number of hydroxylamine groups is 2. The molecule has 0 N–H and O–H groups in total. The highest BCUT2D eigenvalue weighted by Gasteiger charge is 2.40. The number of hydrogen-bond donors (Lipinski definition) is 0. The number of fused-ring (bicyclic) bond motifs is 2. The Morgan fingerprint density at radius 3 is 2.77 bits per heavy atom. The lowest BCUT2D eigenvalue weighted by molar-refractivity contribution is -0.230. The third-order valence-electron chi connectivity index (χ3n) is 2.69. The lowest BCUT2D eigenvalue weighted by Gasteiger charge is -2.35. The topological polar surface area (TPSA) is 21.7 Å². The van der Waals surface area contributed by atoms with Crippen molar-refractivity contribution >= 4 is 0 Å². The molecule has 3 heteroatoms. The SMILES string of the molecule is CC(C)(C)N1O[C@H]2COCC[C@@H]1C2. The van der Waals surface area contributed by atoms with Crippen LogP contribution in [0.25, 0.3) is 0 Å². The fourth-order valence-corrected chi connectivity index (χ4v) is 2.16. The second kappa shape index (κ2) is 3.23. The first kappa shape index (κ1) is 9.44. The zero-order chi connectivity index (χ0) is 9.47. The predicted octanol–water partition coefficient (Wildman–Crippen LogP) is 1.58. The Balaban J connectivity index is 2.08. The first-order chi connectivity index (χ1) is 6.07. The van der Waals surface area contributed by atoms with E-state index in [2.05, 4.69) is 25.8 Å². The average Bonchev–Trinajstić information content (AvgIpc) is 2.22. The highest BCUT2D eigenvalue weighted by molar-refractivity contribution is 4.86. The third kappa shape index (κ3) is 1.87. The van der Waals surface area contributed by atoms with Crippen molar-refractivity contribution in [1.82, 2.24) is 5.06 Å². The number of hydrogen-bond acceptors (Lipinski definition) is 3. The largest absolute Gasteiger partial charge is 0.379 e. The fourth-order valence-electron chi connectivity index (χ4n) is 2.16. The van der Waals surface area contributed by atoms with Gasteiger partial charge in [-0.3, -0.25) is 4.84 Å². The van der Waals surface area contributed by atoms with Crippen molar-refractivity contribution in [2.75, 3.05) is 13.2 Å². The monoisotopic (exact) mass is 185 g/mol. The van der Waals surface area contributed by atoms with Gasteiger partial charge in [0, 0.05) is 18.2 Å². The Morgan fingerprint density at radius 1 is 1.31 bits per heavy atom. The zero-order valence-corrected chi connectivity index (χ0v) is 8.75. The molecule has 0 saturated carbocycles. The summed E-state index contributed by atoms with van der Waals surface area (Å²) in [6, 6.07) is 0.562. The summed E-state index contributed by atoms with van der Waals surface area (Å²) in [5.41, 5.74) is 0.122. The molecule has 0 aromatic carbocycles. The first-order valence-corrected chi connectivity index (χ1v) is 5.11. The Kier molecular flexibility index (Phi) is 2.34. The van der Waals surface area contributed by atoms with Gasteiger partial charge in [0.2, 0.25) is 0 Å². The molecule has 13 heavy (non-hydrogen) atoms. The van der Waals surface area contributed by atoms with Crippen LogP contribution in [0, 0.1) is 0 Å². The van der Waals surface area contributed by atoms with Crippen molar-refractivity contribution in [1.29, 1.82) is 0 Å². The molecule has 2 aliphatic rings. The number of ether oxygens (including phenoxy) is 1. The van der Waals surface area contributed by atoms with Crippen LogP contribution in [-0.4, -0.2) is 36.0 Å². The molecular formula is C10H19NO2. The highest BCUT2D eigenvalue weighted by atomic mass is 16.7. The van der Waals surface area contributed by atoms with Gasteiger partial charge in [0.1, 0.15) is 6.10 Å². The summed E-state index contributed by atoms with van der Waals surface area (Å²) in [5.74, 6) is 0. The van der Waals surface area contributed by atoms with E-state index in [1.54, 1.807) is 0 Å². The number of nitrogens with zero attached hydrogens (tertiary/aromatic N) is 1. The average molecular weight is 185 g/mol. The van der Waals surface area contributed by atoms with Crippen LogP contribution in [0.4, 0.5) is 0 Å². The second-order valence-corrected chi connectivity index (χ2v) is 4.98. The summed E-state index contributed by atoms with van der Waals surface area (Å²) < 4.78 is 5.44. The van der Waals surface area contributed by atoms with Gasteiger partial charge in [-0.2, -0.15) is 5.06 Å². The van der Waals surface area contributed by atoms with Crippen LogP contribution in [0.5, 0.6) is 0 Å². The van der Waals surface area contributed by atoms with Gasteiger partial charge in [-0.15, -0.1) is 0 Å². The Morgan fingerprint density at radius 2 is 2.08 bits per heavy atom. The van der Waals surface area contributed by atoms with Crippen molar-refractivity contribution in [3.63, 3.8) is 0 Å². The minimum Gasteiger partial charge on any atom is -0.379 e. The van der Waals surface area contributed by atoms with Crippen LogP contribution in [0.15, 0.2) is 0 Å². The van der Waals surface area contributed by atoms with E-state index in [0.717, 1.165) is 26.1 Å². The van der Waals surface area contributed by atoms with Crippen LogP contribution >= 0.6 is 0 Å². The predicted molar refractivity (Wildman–Crippen MR) is 50.3 cm³/mol. The van der Waals surface area contributed by atoms with Crippen LogP contribution < -0.4 is 0 Å². The molecule has 0 radical (unpaired) electrons. The van der Waals surface area contributed by atoms with Crippen molar-refractivity contribution in [2.45, 2.75) is 51.3 Å². The quantitative estimate of drug-likeness (QED) is 0.572. The number of rotatable bonds is 0. The van der Waals surface area contributed by atoms with Crippen molar-refractivity contribution < 1.29 is 9.57 Å². The molecule has 2 heterocycles.